The van der Waals surface area contributed by atoms with Crippen molar-refractivity contribution in [2.75, 3.05) is 11.9 Å². The second kappa shape index (κ2) is 9.58. The summed E-state index contributed by atoms with van der Waals surface area (Å²) in [5.74, 6) is 0.0326. The molecule has 0 aliphatic rings. The number of anilines is 1. The molecule has 0 saturated carbocycles. The van der Waals surface area contributed by atoms with Crippen LogP contribution in [0.5, 0.6) is 5.75 Å². The zero-order valence-corrected chi connectivity index (χ0v) is 15.8. The monoisotopic (exact) mass is 394 g/mol. The zero-order valence-electron chi connectivity index (χ0n) is 15.0. The van der Waals surface area contributed by atoms with Crippen molar-refractivity contribution in [3.05, 3.63) is 95.0 Å². The van der Waals surface area contributed by atoms with Crippen molar-refractivity contribution in [2.24, 2.45) is 0 Å². The Morgan fingerprint density at radius 2 is 1.54 bits per heavy atom. The molecule has 0 saturated heterocycles. The quantitative estimate of drug-likeness (QED) is 0.628. The van der Waals surface area contributed by atoms with Crippen molar-refractivity contribution >= 4 is 29.1 Å². The molecular weight excluding hydrogens is 376 g/mol. The predicted octanol–water partition coefficient (Wildman–Crippen LogP) is 4.29. The lowest BCUT2D eigenvalue weighted by atomic mass is 10.2. The van der Waals surface area contributed by atoms with Gasteiger partial charge in [-0.2, -0.15) is 0 Å². The predicted molar refractivity (Wildman–Crippen MR) is 110 cm³/mol. The number of benzene rings is 3. The summed E-state index contributed by atoms with van der Waals surface area (Å²) in [6, 6.07) is 23.1. The van der Waals surface area contributed by atoms with Gasteiger partial charge in [0.25, 0.3) is 11.8 Å². The smallest absolute Gasteiger partial charge is 0.258 e. The van der Waals surface area contributed by atoms with Gasteiger partial charge in [-0.3, -0.25) is 9.59 Å². The molecule has 142 valence electrons. The molecule has 0 aromatic heterocycles. The van der Waals surface area contributed by atoms with Gasteiger partial charge < -0.3 is 15.4 Å². The molecule has 0 heterocycles. The van der Waals surface area contributed by atoms with E-state index in [1.807, 2.05) is 48.5 Å². The average Bonchev–Trinajstić information content (AvgIpc) is 2.73. The number of amides is 2. The van der Waals surface area contributed by atoms with Gasteiger partial charge in [-0.1, -0.05) is 48.0 Å². The third kappa shape index (κ3) is 5.59. The van der Waals surface area contributed by atoms with Gasteiger partial charge in [-0.25, -0.2) is 0 Å². The summed E-state index contributed by atoms with van der Waals surface area (Å²) < 4.78 is 5.46. The molecule has 3 aromatic carbocycles. The number of carbonyl (C=O) groups excluding carboxylic acids is 2. The van der Waals surface area contributed by atoms with E-state index >= 15 is 0 Å². The summed E-state index contributed by atoms with van der Waals surface area (Å²) in [5.41, 5.74) is 2.06. The Balaban J connectivity index is 1.47. The van der Waals surface area contributed by atoms with E-state index in [0.717, 1.165) is 11.3 Å². The topological polar surface area (TPSA) is 67.4 Å². The van der Waals surface area contributed by atoms with Crippen molar-refractivity contribution in [2.45, 2.75) is 6.54 Å². The van der Waals surface area contributed by atoms with Gasteiger partial charge >= 0.3 is 0 Å². The molecule has 28 heavy (non-hydrogen) atoms. The van der Waals surface area contributed by atoms with Crippen LogP contribution in [0.15, 0.2) is 78.9 Å². The fourth-order valence-corrected chi connectivity index (χ4v) is 2.67. The number of ether oxygens (including phenoxy) is 1. The van der Waals surface area contributed by atoms with Crippen LogP contribution in [-0.4, -0.2) is 18.4 Å². The van der Waals surface area contributed by atoms with E-state index in [-0.39, 0.29) is 18.4 Å². The highest BCUT2D eigenvalue weighted by atomic mass is 35.5. The van der Waals surface area contributed by atoms with Gasteiger partial charge in [0.2, 0.25) is 0 Å². The van der Waals surface area contributed by atoms with Gasteiger partial charge in [0.1, 0.15) is 5.75 Å². The summed E-state index contributed by atoms with van der Waals surface area (Å²) in [6.45, 7) is 0.209. The molecule has 0 fully saturated rings. The van der Waals surface area contributed by atoms with Gasteiger partial charge in [0.15, 0.2) is 6.61 Å². The molecule has 2 N–H and O–H groups in total. The highest BCUT2D eigenvalue weighted by molar-refractivity contribution is 6.31. The Hall–Kier alpha value is -3.31. The van der Waals surface area contributed by atoms with Crippen LogP contribution < -0.4 is 15.4 Å². The number of carbonyl (C=O) groups is 2. The Morgan fingerprint density at radius 1 is 0.857 bits per heavy atom. The molecular formula is C22H19ClN2O3. The third-order valence-corrected chi connectivity index (χ3v) is 4.32. The zero-order chi connectivity index (χ0) is 19.8. The first-order chi connectivity index (χ1) is 13.6. The highest BCUT2D eigenvalue weighted by Crippen LogP contribution is 2.15. The molecule has 3 aromatic rings. The van der Waals surface area contributed by atoms with E-state index in [2.05, 4.69) is 10.6 Å². The van der Waals surface area contributed by atoms with Crippen molar-refractivity contribution < 1.29 is 14.3 Å². The van der Waals surface area contributed by atoms with Crippen LogP contribution in [0.1, 0.15) is 15.9 Å². The maximum Gasteiger partial charge on any atom is 0.258 e. The maximum absolute atomic E-state index is 12.2. The molecule has 2 amide bonds. The van der Waals surface area contributed by atoms with Crippen LogP contribution in [0.2, 0.25) is 5.02 Å². The minimum atomic E-state index is -0.259. The van der Waals surface area contributed by atoms with Crippen LogP contribution in [-0.2, 0) is 11.3 Å². The molecule has 0 radical (unpaired) electrons. The lowest BCUT2D eigenvalue weighted by molar-refractivity contribution is -0.123. The van der Waals surface area contributed by atoms with E-state index < -0.39 is 0 Å². The fourth-order valence-electron chi connectivity index (χ4n) is 2.46. The molecule has 0 atom stereocenters. The van der Waals surface area contributed by atoms with E-state index in [1.165, 1.54) is 0 Å². The Morgan fingerprint density at radius 3 is 2.25 bits per heavy atom. The van der Waals surface area contributed by atoms with Gasteiger partial charge in [-0.05, 0) is 48.0 Å². The molecule has 0 spiro atoms. The van der Waals surface area contributed by atoms with Gasteiger partial charge in [-0.15, -0.1) is 0 Å². The Bertz CT molecular complexity index is 944. The fraction of sp³-hybridized carbons (Fsp3) is 0.0909. The first kappa shape index (κ1) is 19.5. The molecule has 5 nitrogen and oxygen atoms in total. The van der Waals surface area contributed by atoms with Crippen molar-refractivity contribution in [1.29, 1.82) is 0 Å². The van der Waals surface area contributed by atoms with Gasteiger partial charge in [0, 0.05) is 22.8 Å². The molecule has 3 rings (SSSR count). The van der Waals surface area contributed by atoms with Crippen LogP contribution >= 0.6 is 11.6 Å². The lowest BCUT2D eigenvalue weighted by Crippen LogP contribution is -2.28. The molecule has 0 unspecified atom stereocenters. The van der Waals surface area contributed by atoms with Crippen LogP contribution in [0.4, 0.5) is 5.69 Å². The second-order valence-electron chi connectivity index (χ2n) is 6.00. The summed E-state index contributed by atoms with van der Waals surface area (Å²) in [5, 5.41) is 6.17. The molecule has 0 bridgehead atoms. The average molecular weight is 395 g/mol. The SMILES string of the molecule is O=C(COc1ccc(C(=O)Nc2ccccc2)cc1)NCc1ccccc1Cl. The number of rotatable bonds is 7. The standard InChI is InChI=1S/C22H19ClN2O3/c23-20-9-5-4-6-17(20)14-24-21(26)15-28-19-12-10-16(11-13-19)22(27)25-18-7-2-1-3-8-18/h1-13H,14-15H2,(H,24,26)(H,25,27). The van der Waals surface area contributed by atoms with Gasteiger partial charge in [0.05, 0.1) is 0 Å². The van der Waals surface area contributed by atoms with E-state index in [0.29, 0.717) is 22.9 Å². The van der Waals surface area contributed by atoms with E-state index in [1.54, 1.807) is 30.3 Å². The number of hydrogen-bond donors (Lipinski definition) is 2. The third-order valence-electron chi connectivity index (χ3n) is 3.95. The first-order valence-electron chi connectivity index (χ1n) is 8.71. The Kier molecular flexibility index (Phi) is 6.65. The normalized spacial score (nSPS) is 10.2. The van der Waals surface area contributed by atoms with Crippen LogP contribution in [0, 0.1) is 0 Å². The second-order valence-corrected chi connectivity index (χ2v) is 6.41. The molecule has 6 heteroatoms. The largest absolute Gasteiger partial charge is 0.484 e. The van der Waals surface area contributed by atoms with Crippen molar-refractivity contribution in [1.82, 2.24) is 5.32 Å². The maximum atomic E-state index is 12.2. The number of nitrogens with one attached hydrogen (secondary N) is 2. The van der Waals surface area contributed by atoms with Crippen LogP contribution in [0.3, 0.4) is 0 Å². The first-order valence-corrected chi connectivity index (χ1v) is 9.09. The summed E-state index contributed by atoms with van der Waals surface area (Å²) in [4.78, 5) is 24.1. The minimum absolute atomic E-state index is 0.125. The van der Waals surface area contributed by atoms with Crippen molar-refractivity contribution in [3.63, 3.8) is 0 Å². The highest BCUT2D eigenvalue weighted by Gasteiger charge is 2.08. The van der Waals surface area contributed by atoms with Crippen molar-refractivity contribution in [3.8, 4) is 5.75 Å². The summed E-state index contributed by atoms with van der Waals surface area (Å²) in [6.07, 6.45) is 0. The number of para-hydroxylation sites is 1. The summed E-state index contributed by atoms with van der Waals surface area (Å²) >= 11 is 6.06. The lowest BCUT2D eigenvalue weighted by Gasteiger charge is -2.09. The van der Waals surface area contributed by atoms with Crippen LogP contribution in [0.25, 0.3) is 0 Å². The number of hydrogen-bond acceptors (Lipinski definition) is 3. The Labute approximate surface area is 168 Å². The summed E-state index contributed by atoms with van der Waals surface area (Å²) in [7, 11) is 0. The number of halogens is 1. The molecule has 0 aliphatic heterocycles. The molecule has 0 aliphatic carbocycles. The van der Waals surface area contributed by atoms with E-state index in [9.17, 15) is 9.59 Å². The minimum Gasteiger partial charge on any atom is -0.484 e. The van der Waals surface area contributed by atoms with E-state index in [4.69, 9.17) is 16.3 Å².